The molecule has 1 N–H and O–H groups in total. The van der Waals surface area contributed by atoms with Gasteiger partial charge in [0, 0.05) is 24.2 Å². The van der Waals surface area contributed by atoms with Crippen LogP contribution in [0.1, 0.15) is 72.8 Å². The number of likely N-dealkylation sites (tertiary alicyclic amines) is 1. The summed E-state index contributed by atoms with van der Waals surface area (Å²) in [5, 5.41) is 3.39. The molecule has 1 aliphatic rings. The maximum atomic E-state index is 13.8. The Balaban J connectivity index is 2.18. The highest BCUT2D eigenvalue weighted by molar-refractivity contribution is 7.87. The highest BCUT2D eigenvalue weighted by Gasteiger charge is 2.37. The summed E-state index contributed by atoms with van der Waals surface area (Å²) in [5.41, 5.74) is -0.879. The molecule has 2 rings (SSSR count). The van der Waals surface area contributed by atoms with Crippen molar-refractivity contribution in [3.05, 3.63) is 34.9 Å². The predicted octanol–water partition coefficient (Wildman–Crippen LogP) is 4.98. The van der Waals surface area contributed by atoms with Crippen molar-refractivity contribution in [1.29, 1.82) is 0 Å². The van der Waals surface area contributed by atoms with Gasteiger partial charge in [-0.25, -0.2) is 9.59 Å². The number of carbonyl (C=O) groups excluding carboxylic acids is 2. The van der Waals surface area contributed by atoms with Crippen LogP contribution in [0.2, 0.25) is 5.02 Å². The molecule has 2 amide bonds. The topological polar surface area (TPSA) is 108 Å². The minimum Gasteiger partial charge on any atom is -0.444 e. The summed E-state index contributed by atoms with van der Waals surface area (Å²) in [4.78, 5) is 27.4. The Morgan fingerprint density at radius 3 is 2.24 bits per heavy atom. The molecule has 1 aromatic rings. The summed E-state index contributed by atoms with van der Waals surface area (Å²) in [6.07, 6.45) is 1.50. The van der Waals surface area contributed by atoms with Crippen LogP contribution in [-0.4, -0.2) is 78.2 Å². The van der Waals surface area contributed by atoms with E-state index in [0.717, 1.165) is 17.1 Å². The first-order chi connectivity index (χ1) is 17.5. The molecule has 1 aliphatic heterocycles. The molecule has 1 saturated heterocycles. The maximum absolute atomic E-state index is 13.8. The first kappa shape index (κ1) is 32.1. The summed E-state index contributed by atoms with van der Waals surface area (Å²) in [6.45, 7) is 11.1. The lowest BCUT2D eigenvalue weighted by atomic mass is 10.1. The summed E-state index contributed by atoms with van der Waals surface area (Å²) < 4.78 is 40.5. The van der Waals surface area contributed by atoms with Crippen LogP contribution < -0.4 is 5.32 Å². The molecule has 1 fully saturated rings. The van der Waals surface area contributed by atoms with E-state index in [1.165, 1.54) is 4.31 Å². The molecule has 0 bridgehead atoms. The average molecular weight is 575 g/mol. The normalized spacial score (nSPS) is 16.6. The standard InChI is InChI=1S/C26H43ClN4O6S/c1-25(2,3)36-23(32)30-17-9-11-22(30)10-8-16-29(19-28-7)38(34,35)31(24(33)37-26(4,5)6)18-20-12-14-21(27)15-13-20/h12-15,22,28H,8-11,16-19H2,1-7H3/t22-/m1/s1. The number of halogens is 1. The number of amides is 2. The zero-order valence-corrected chi connectivity index (χ0v) is 25.2. The molecule has 12 heteroatoms. The van der Waals surface area contributed by atoms with Crippen molar-refractivity contribution >= 4 is 34.0 Å². The minimum atomic E-state index is -4.26. The molecule has 216 valence electrons. The van der Waals surface area contributed by atoms with Crippen LogP contribution in [0.5, 0.6) is 0 Å². The van der Waals surface area contributed by atoms with Crippen LogP contribution in [0.3, 0.4) is 0 Å². The SMILES string of the molecule is CNCN(CCC[C@@H]1CCCN1C(=O)OC(C)(C)C)S(=O)(=O)N(Cc1ccc(Cl)cc1)C(=O)OC(C)(C)C. The maximum Gasteiger partial charge on any atom is 0.425 e. The fourth-order valence-corrected chi connectivity index (χ4v) is 5.70. The van der Waals surface area contributed by atoms with E-state index < -0.39 is 27.5 Å². The highest BCUT2D eigenvalue weighted by atomic mass is 35.5. The smallest absolute Gasteiger partial charge is 0.425 e. The van der Waals surface area contributed by atoms with E-state index in [2.05, 4.69) is 5.32 Å². The van der Waals surface area contributed by atoms with Crippen molar-refractivity contribution in [3.63, 3.8) is 0 Å². The van der Waals surface area contributed by atoms with E-state index in [1.54, 1.807) is 57.0 Å². The van der Waals surface area contributed by atoms with Crippen molar-refractivity contribution in [2.24, 2.45) is 0 Å². The van der Waals surface area contributed by atoms with Crippen LogP contribution in [0.25, 0.3) is 0 Å². The van der Waals surface area contributed by atoms with Gasteiger partial charge in [0.2, 0.25) is 0 Å². The van der Waals surface area contributed by atoms with Gasteiger partial charge >= 0.3 is 22.4 Å². The van der Waals surface area contributed by atoms with Crippen LogP contribution in [0, 0.1) is 0 Å². The summed E-state index contributed by atoms with van der Waals surface area (Å²) in [5.74, 6) is 0. The molecule has 0 aliphatic carbocycles. The largest absolute Gasteiger partial charge is 0.444 e. The van der Waals surface area contributed by atoms with E-state index in [0.29, 0.717) is 30.0 Å². The van der Waals surface area contributed by atoms with E-state index >= 15 is 0 Å². The fourth-order valence-electron chi connectivity index (χ4n) is 4.10. The van der Waals surface area contributed by atoms with Gasteiger partial charge in [0.25, 0.3) is 0 Å². The quantitative estimate of drug-likeness (QED) is 0.392. The minimum absolute atomic E-state index is 0.00267. The van der Waals surface area contributed by atoms with Crippen molar-refractivity contribution in [3.8, 4) is 0 Å². The molecular formula is C26H43ClN4O6S. The second-order valence-corrected chi connectivity index (χ2v) is 13.7. The number of rotatable bonds is 10. The van der Waals surface area contributed by atoms with E-state index in [1.807, 2.05) is 20.8 Å². The number of carbonyl (C=O) groups is 2. The fraction of sp³-hybridized carbons (Fsp3) is 0.692. The van der Waals surface area contributed by atoms with Gasteiger partial charge < -0.3 is 19.7 Å². The van der Waals surface area contributed by atoms with Gasteiger partial charge in [-0.05, 0) is 92.0 Å². The molecule has 1 atom stereocenters. The second-order valence-electron chi connectivity index (χ2n) is 11.4. The van der Waals surface area contributed by atoms with Crippen LogP contribution in [0.4, 0.5) is 9.59 Å². The van der Waals surface area contributed by atoms with Gasteiger partial charge in [-0.3, -0.25) is 0 Å². The van der Waals surface area contributed by atoms with Crippen molar-refractivity contribution in [2.45, 2.75) is 91.0 Å². The summed E-state index contributed by atoms with van der Waals surface area (Å²) in [7, 11) is -2.62. The predicted molar refractivity (Wildman–Crippen MR) is 148 cm³/mol. The Labute approximate surface area is 232 Å². The summed E-state index contributed by atoms with van der Waals surface area (Å²) in [6, 6.07) is 6.59. The second kappa shape index (κ2) is 13.3. The Kier molecular flexibility index (Phi) is 11.3. The third-order valence-corrected chi connectivity index (χ3v) is 7.78. The first-order valence-corrected chi connectivity index (χ1v) is 14.7. The molecule has 0 unspecified atom stereocenters. The highest BCUT2D eigenvalue weighted by Crippen LogP contribution is 2.25. The molecule has 10 nitrogen and oxygen atoms in total. The molecule has 38 heavy (non-hydrogen) atoms. The Bertz CT molecular complexity index is 1040. The van der Waals surface area contributed by atoms with Gasteiger partial charge in [-0.2, -0.15) is 17.0 Å². The lowest BCUT2D eigenvalue weighted by Crippen LogP contribution is -2.50. The molecule has 0 spiro atoms. The zero-order valence-electron chi connectivity index (χ0n) is 23.6. The Hall–Kier alpha value is -2.08. The molecule has 1 aromatic carbocycles. The van der Waals surface area contributed by atoms with Crippen molar-refractivity contribution in [1.82, 2.24) is 18.8 Å². The number of hydrogen-bond acceptors (Lipinski definition) is 7. The zero-order chi connectivity index (χ0) is 28.7. The average Bonchev–Trinajstić information content (AvgIpc) is 3.24. The van der Waals surface area contributed by atoms with Crippen molar-refractivity contribution in [2.75, 3.05) is 26.8 Å². The van der Waals surface area contributed by atoms with E-state index in [-0.39, 0.29) is 31.9 Å². The molecule has 0 radical (unpaired) electrons. The number of ether oxygens (including phenoxy) is 2. The molecular weight excluding hydrogens is 532 g/mol. The van der Waals surface area contributed by atoms with Gasteiger partial charge in [0.1, 0.15) is 11.2 Å². The number of hydrogen-bond donors (Lipinski definition) is 1. The Morgan fingerprint density at radius 2 is 1.68 bits per heavy atom. The lowest BCUT2D eigenvalue weighted by Gasteiger charge is -2.32. The lowest BCUT2D eigenvalue weighted by molar-refractivity contribution is 0.0216. The van der Waals surface area contributed by atoms with Crippen molar-refractivity contribution < 1.29 is 27.5 Å². The van der Waals surface area contributed by atoms with Gasteiger partial charge in [-0.15, -0.1) is 0 Å². The van der Waals surface area contributed by atoms with E-state index in [9.17, 15) is 18.0 Å². The monoisotopic (exact) mass is 574 g/mol. The van der Waals surface area contributed by atoms with Gasteiger partial charge in [-0.1, -0.05) is 23.7 Å². The third-order valence-electron chi connectivity index (χ3n) is 5.73. The molecule has 0 aromatic heterocycles. The Morgan fingerprint density at radius 1 is 1.08 bits per heavy atom. The molecule has 0 saturated carbocycles. The van der Waals surface area contributed by atoms with Gasteiger partial charge in [0.05, 0.1) is 13.2 Å². The van der Waals surface area contributed by atoms with Crippen LogP contribution >= 0.6 is 11.6 Å². The number of nitrogens with one attached hydrogen (secondary N) is 1. The summed E-state index contributed by atoms with van der Waals surface area (Å²) >= 11 is 5.98. The van der Waals surface area contributed by atoms with Crippen LogP contribution in [0.15, 0.2) is 24.3 Å². The van der Waals surface area contributed by atoms with E-state index in [4.69, 9.17) is 21.1 Å². The molecule has 1 heterocycles. The number of benzene rings is 1. The number of nitrogens with zero attached hydrogens (tertiary/aromatic N) is 3. The first-order valence-electron chi connectivity index (χ1n) is 12.9. The van der Waals surface area contributed by atoms with Crippen LogP contribution in [-0.2, 0) is 26.2 Å². The van der Waals surface area contributed by atoms with Gasteiger partial charge in [0.15, 0.2) is 0 Å². The third kappa shape index (κ3) is 9.91.